The maximum absolute atomic E-state index is 5.81. The average molecular weight is 210 g/mol. The van der Waals surface area contributed by atoms with Gasteiger partial charge in [0.2, 0.25) is 0 Å². The lowest BCUT2D eigenvalue weighted by Gasteiger charge is -2.08. The number of hydrogen-bond donors (Lipinski definition) is 0. The fourth-order valence-electron chi connectivity index (χ4n) is 1.24. The molecule has 0 fully saturated rings. The Labute approximate surface area is 90.8 Å². The molecular formula is C12H16ClN. The Hall–Kier alpha value is -0.820. The molecule has 0 spiro atoms. The van der Waals surface area contributed by atoms with Crippen LogP contribution in [0.2, 0.25) is 5.02 Å². The molecule has 0 radical (unpaired) electrons. The zero-order valence-electron chi connectivity index (χ0n) is 8.92. The van der Waals surface area contributed by atoms with Gasteiger partial charge in [-0.15, -0.1) is 0 Å². The highest BCUT2D eigenvalue weighted by atomic mass is 35.5. The minimum atomic E-state index is 0.229. The minimum Gasteiger partial charge on any atom is -0.287 e. The van der Waals surface area contributed by atoms with E-state index in [1.807, 2.05) is 24.3 Å². The highest BCUT2D eigenvalue weighted by Crippen LogP contribution is 2.19. The fourth-order valence-corrected chi connectivity index (χ4v) is 1.36. The SMILES string of the molecule is CCC(C)=NC(C)c1ccc(Cl)cc1. The summed E-state index contributed by atoms with van der Waals surface area (Å²) in [4.78, 5) is 4.57. The van der Waals surface area contributed by atoms with Gasteiger partial charge in [-0.1, -0.05) is 30.7 Å². The molecule has 1 atom stereocenters. The number of hydrogen-bond acceptors (Lipinski definition) is 1. The summed E-state index contributed by atoms with van der Waals surface area (Å²) in [5.74, 6) is 0. The van der Waals surface area contributed by atoms with E-state index in [-0.39, 0.29) is 6.04 Å². The van der Waals surface area contributed by atoms with Gasteiger partial charge in [0.1, 0.15) is 0 Å². The quantitative estimate of drug-likeness (QED) is 0.660. The first kappa shape index (κ1) is 11.3. The van der Waals surface area contributed by atoms with Crippen LogP contribution in [0.4, 0.5) is 0 Å². The Bertz CT molecular complexity index is 314. The molecule has 0 aliphatic heterocycles. The van der Waals surface area contributed by atoms with Crippen LogP contribution in [-0.2, 0) is 0 Å². The molecule has 0 aliphatic carbocycles. The maximum Gasteiger partial charge on any atom is 0.0720 e. The molecule has 14 heavy (non-hydrogen) atoms. The summed E-state index contributed by atoms with van der Waals surface area (Å²) in [7, 11) is 0. The monoisotopic (exact) mass is 209 g/mol. The predicted octanol–water partition coefficient (Wildman–Crippen LogP) is 4.27. The highest BCUT2D eigenvalue weighted by molar-refractivity contribution is 6.30. The van der Waals surface area contributed by atoms with E-state index in [0.29, 0.717) is 0 Å². The van der Waals surface area contributed by atoms with Crippen molar-refractivity contribution >= 4 is 17.3 Å². The van der Waals surface area contributed by atoms with E-state index < -0.39 is 0 Å². The molecule has 1 aromatic rings. The van der Waals surface area contributed by atoms with Gasteiger partial charge in [-0.25, -0.2) is 0 Å². The first-order valence-corrected chi connectivity index (χ1v) is 5.30. The van der Waals surface area contributed by atoms with E-state index in [9.17, 15) is 0 Å². The van der Waals surface area contributed by atoms with Crippen molar-refractivity contribution in [2.75, 3.05) is 0 Å². The number of benzene rings is 1. The summed E-state index contributed by atoms with van der Waals surface area (Å²) >= 11 is 5.81. The van der Waals surface area contributed by atoms with Crippen molar-refractivity contribution < 1.29 is 0 Å². The Morgan fingerprint density at radius 1 is 1.36 bits per heavy atom. The zero-order chi connectivity index (χ0) is 10.6. The van der Waals surface area contributed by atoms with Crippen LogP contribution in [0, 0.1) is 0 Å². The third kappa shape index (κ3) is 3.15. The van der Waals surface area contributed by atoms with Gasteiger partial charge in [-0.2, -0.15) is 0 Å². The Kier molecular flexibility index (Phi) is 4.15. The predicted molar refractivity (Wildman–Crippen MR) is 63.3 cm³/mol. The standard InChI is InChI=1S/C12H16ClN/c1-4-9(2)14-10(3)11-5-7-12(13)8-6-11/h5-8,10H,4H2,1-3H3. The van der Waals surface area contributed by atoms with Gasteiger partial charge in [0.25, 0.3) is 0 Å². The second kappa shape index (κ2) is 5.16. The molecule has 0 saturated heterocycles. The summed E-state index contributed by atoms with van der Waals surface area (Å²) < 4.78 is 0. The summed E-state index contributed by atoms with van der Waals surface area (Å²) in [6.45, 7) is 6.28. The van der Waals surface area contributed by atoms with Crippen LogP contribution in [0.15, 0.2) is 29.3 Å². The van der Waals surface area contributed by atoms with Crippen LogP contribution in [0.1, 0.15) is 38.8 Å². The molecule has 1 nitrogen and oxygen atoms in total. The molecule has 2 heteroatoms. The summed E-state index contributed by atoms with van der Waals surface area (Å²) in [6.07, 6.45) is 1.01. The van der Waals surface area contributed by atoms with Crippen LogP contribution in [-0.4, -0.2) is 5.71 Å². The largest absolute Gasteiger partial charge is 0.287 e. The van der Waals surface area contributed by atoms with Crippen molar-refractivity contribution in [1.82, 2.24) is 0 Å². The van der Waals surface area contributed by atoms with E-state index in [2.05, 4.69) is 25.8 Å². The summed E-state index contributed by atoms with van der Waals surface area (Å²) in [5.41, 5.74) is 2.40. The first-order valence-electron chi connectivity index (χ1n) is 4.92. The third-order valence-corrected chi connectivity index (χ3v) is 2.53. The van der Waals surface area contributed by atoms with E-state index in [0.717, 1.165) is 11.4 Å². The van der Waals surface area contributed by atoms with Crippen molar-refractivity contribution in [2.45, 2.75) is 33.2 Å². The van der Waals surface area contributed by atoms with Gasteiger partial charge in [-0.05, 0) is 38.0 Å². The topological polar surface area (TPSA) is 12.4 Å². The van der Waals surface area contributed by atoms with Crippen molar-refractivity contribution in [3.05, 3.63) is 34.9 Å². The molecule has 1 unspecified atom stereocenters. The van der Waals surface area contributed by atoms with E-state index in [1.54, 1.807) is 0 Å². The Morgan fingerprint density at radius 3 is 2.43 bits per heavy atom. The van der Waals surface area contributed by atoms with Crippen LogP contribution in [0.5, 0.6) is 0 Å². The fraction of sp³-hybridized carbons (Fsp3) is 0.417. The second-order valence-corrected chi connectivity index (χ2v) is 3.88. The van der Waals surface area contributed by atoms with E-state index >= 15 is 0 Å². The van der Waals surface area contributed by atoms with E-state index in [1.165, 1.54) is 11.3 Å². The van der Waals surface area contributed by atoms with Crippen LogP contribution in [0.3, 0.4) is 0 Å². The highest BCUT2D eigenvalue weighted by Gasteiger charge is 2.02. The van der Waals surface area contributed by atoms with Gasteiger partial charge in [-0.3, -0.25) is 4.99 Å². The van der Waals surface area contributed by atoms with Crippen LogP contribution >= 0.6 is 11.6 Å². The smallest absolute Gasteiger partial charge is 0.0720 e. The van der Waals surface area contributed by atoms with Gasteiger partial charge in [0.15, 0.2) is 0 Å². The van der Waals surface area contributed by atoms with Crippen molar-refractivity contribution in [2.24, 2.45) is 4.99 Å². The normalized spacial score (nSPS) is 14.1. The molecule has 1 aromatic carbocycles. The molecule has 0 bridgehead atoms. The van der Waals surface area contributed by atoms with Gasteiger partial charge < -0.3 is 0 Å². The average Bonchev–Trinajstić information content (AvgIpc) is 2.18. The molecule has 0 heterocycles. The minimum absolute atomic E-state index is 0.229. The number of halogens is 1. The van der Waals surface area contributed by atoms with Crippen molar-refractivity contribution in [3.8, 4) is 0 Å². The zero-order valence-corrected chi connectivity index (χ0v) is 9.67. The van der Waals surface area contributed by atoms with Gasteiger partial charge >= 0.3 is 0 Å². The third-order valence-electron chi connectivity index (χ3n) is 2.28. The lowest BCUT2D eigenvalue weighted by molar-refractivity contribution is 0.814. The second-order valence-electron chi connectivity index (χ2n) is 3.45. The van der Waals surface area contributed by atoms with Crippen LogP contribution < -0.4 is 0 Å². The number of aliphatic imine (C=N–C) groups is 1. The summed E-state index contributed by atoms with van der Waals surface area (Å²) in [6, 6.07) is 8.10. The molecule has 0 aromatic heterocycles. The lowest BCUT2D eigenvalue weighted by atomic mass is 10.1. The molecule has 0 amide bonds. The Balaban J connectivity index is 2.79. The molecule has 0 N–H and O–H groups in total. The molecule has 76 valence electrons. The van der Waals surface area contributed by atoms with E-state index in [4.69, 9.17) is 11.6 Å². The van der Waals surface area contributed by atoms with Crippen LogP contribution in [0.25, 0.3) is 0 Å². The van der Waals surface area contributed by atoms with Crippen molar-refractivity contribution in [3.63, 3.8) is 0 Å². The first-order chi connectivity index (χ1) is 6.63. The lowest BCUT2D eigenvalue weighted by Crippen LogP contribution is -1.95. The maximum atomic E-state index is 5.81. The summed E-state index contributed by atoms with van der Waals surface area (Å²) in [5, 5.41) is 0.775. The molecular weight excluding hydrogens is 194 g/mol. The number of nitrogens with zero attached hydrogens (tertiary/aromatic N) is 1. The van der Waals surface area contributed by atoms with Gasteiger partial charge in [0.05, 0.1) is 6.04 Å². The molecule has 0 saturated carbocycles. The number of rotatable bonds is 3. The molecule has 0 aliphatic rings. The van der Waals surface area contributed by atoms with Crippen molar-refractivity contribution in [1.29, 1.82) is 0 Å². The van der Waals surface area contributed by atoms with Gasteiger partial charge in [0, 0.05) is 10.7 Å². The Morgan fingerprint density at radius 2 is 1.93 bits per heavy atom. The molecule has 1 rings (SSSR count).